The number of aromatic amines is 1. The molecule has 0 aliphatic carbocycles. The lowest BCUT2D eigenvalue weighted by Crippen LogP contribution is -1.95. The van der Waals surface area contributed by atoms with E-state index in [9.17, 15) is 5.11 Å². The predicted molar refractivity (Wildman–Crippen MR) is 125 cm³/mol. The molecule has 1 heterocycles. The Hall–Kier alpha value is -3.64. The quantitative estimate of drug-likeness (QED) is 0.360. The summed E-state index contributed by atoms with van der Waals surface area (Å²) in [5.74, 6) is 1.89. The van der Waals surface area contributed by atoms with Gasteiger partial charge in [0.05, 0.1) is 14.2 Å². The smallest absolute Gasteiger partial charge is 0.161 e. The molecule has 0 bridgehead atoms. The van der Waals surface area contributed by atoms with Gasteiger partial charge in [0.1, 0.15) is 23.8 Å². The molecule has 6 nitrogen and oxygen atoms in total. The van der Waals surface area contributed by atoms with Gasteiger partial charge in [-0.1, -0.05) is 29.8 Å². The summed E-state index contributed by atoms with van der Waals surface area (Å²) in [5.41, 5.74) is 4.85. The second kappa shape index (κ2) is 9.24. The zero-order valence-electron chi connectivity index (χ0n) is 18.0. The summed E-state index contributed by atoms with van der Waals surface area (Å²) in [6.45, 7) is 2.30. The van der Waals surface area contributed by atoms with Gasteiger partial charge in [0.15, 0.2) is 11.5 Å². The van der Waals surface area contributed by atoms with Crippen LogP contribution in [-0.4, -0.2) is 29.5 Å². The minimum atomic E-state index is 0.0758. The normalized spacial score (nSPS) is 10.8. The van der Waals surface area contributed by atoms with Gasteiger partial charge in [0, 0.05) is 27.9 Å². The number of methoxy groups -OCH3 is 2. The molecular formula is C25H23ClN2O4. The lowest BCUT2D eigenvalue weighted by molar-refractivity contribution is 0.304. The second-order valence-corrected chi connectivity index (χ2v) is 7.67. The Morgan fingerprint density at radius 3 is 2.38 bits per heavy atom. The summed E-state index contributed by atoms with van der Waals surface area (Å²) in [4.78, 5) is 0. The first-order chi connectivity index (χ1) is 15.5. The summed E-state index contributed by atoms with van der Waals surface area (Å²) in [7, 11) is 3.19. The van der Waals surface area contributed by atoms with Crippen molar-refractivity contribution in [1.29, 1.82) is 0 Å². The molecule has 0 atom stereocenters. The van der Waals surface area contributed by atoms with Gasteiger partial charge in [-0.05, 0) is 54.4 Å². The molecule has 1 aromatic heterocycles. The SMILES string of the molecule is COc1ccc(-c2c(-c3ccc(OCc4ccc(Cl)cc4)cc3O)n[nH]c2C)cc1OC. The van der Waals surface area contributed by atoms with Crippen molar-refractivity contribution in [3.63, 3.8) is 0 Å². The van der Waals surface area contributed by atoms with Gasteiger partial charge >= 0.3 is 0 Å². The van der Waals surface area contributed by atoms with Gasteiger partial charge in [-0.25, -0.2) is 0 Å². The van der Waals surface area contributed by atoms with Crippen LogP contribution in [0.5, 0.6) is 23.0 Å². The van der Waals surface area contributed by atoms with Gasteiger partial charge in [0.2, 0.25) is 0 Å². The minimum Gasteiger partial charge on any atom is -0.507 e. The van der Waals surface area contributed by atoms with Crippen molar-refractivity contribution >= 4 is 11.6 Å². The molecule has 0 aliphatic heterocycles. The van der Waals surface area contributed by atoms with Crippen LogP contribution in [0.1, 0.15) is 11.3 Å². The summed E-state index contributed by atoms with van der Waals surface area (Å²) in [6.07, 6.45) is 0. The highest BCUT2D eigenvalue weighted by Gasteiger charge is 2.19. The number of benzene rings is 3. The van der Waals surface area contributed by atoms with Crippen LogP contribution >= 0.6 is 11.6 Å². The third kappa shape index (κ3) is 4.36. The molecule has 164 valence electrons. The third-order valence-corrected chi connectivity index (χ3v) is 5.41. The fourth-order valence-electron chi connectivity index (χ4n) is 3.52. The maximum absolute atomic E-state index is 10.7. The van der Waals surface area contributed by atoms with Crippen LogP contribution < -0.4 is 14.2 Å². The van der Waals surface area contributed by atoms with E-state index in [-0.39, 0.29) is 5.75 Å². The number of ether oxygens (including phenoxy) is 3. The van der Waals surface area contributed by atoms with Crippen LogP contribution in [0.3, 0.4) is 0 Å². The molecule has 32 heavy (non-hydrogen) atoms. The van der Waals surface area contributed by atoms with Gasteiger partial charge in [-0.15, -0.1) is 0 Å². The fraction of sp³-hybridized carbons (Fsp3) is 0.160. The van der Waals surface area contributed by atoms with Crippen molar-refractivity contribution in [2.24, 2.45) is 0 Å². The Bertz CT molecular complexity index is 1240. The van der Waals surface area contributed by atoms with Gasteiger partial charge in [-0.2, -0.15) is 5.10 Å². The van der Waals surface area contributed by atoms with E-state index in [4.69, 9.17) is 25.8 Å². The van der Waals surface area contributed by atoms with Crippen molar-refractivity contribution in [2.75, 3.05) is 14.2 Å². The molecule has 0 saturated carbocycles. The zero-order valence-corrected chi connectivity index (χ0v) is 18.7. The Labute approximate surface area is 191 Å². The fourth-order valence-corrected chi connectivity index (χ4v) is 3.64. The number of nitrogens with one attached hydrogen (secondary N) is 1. The molecule has 4 aromatic rings. The molecule has 0 aliphatic rings. The average molecular weight is 451 g/mol. The van der Waals surface area contributed by atoms with E-state index in [0.29, 0.717) is 40.1 Å². The summed E-state index contributed by atoms with van der Waals surface area (Å²) >= 11 is 5.92. The van der Waals surface area contributed by atoms with Crippen molar-refractivity contribution in [1.82, 2.24) is 10.2 Å². The highest BCUT2D eigenvalue weighted by Crippen LogP contribution is 2.41. The Morgan fingerprint density at radius 2 is 1.69 bits per heavy atom. The van der Waals surface area contributed by atoms with Crippen LogP contribution in [0.25, 0.3) is 22.4 Å². The number of phenolic OH excluding ortho intramolecular Hbond substituents is 1. The summed E-state index contributed by atoms with van der Waals surface area (Å²) in [6, 6.07) is 18.3. The molecule has 7 heteroatoms. The third-order valence-electron chi connectivity index (χ3n) is 5.16. The molecule has 2 N–H and O–H groups in total. The molecular weight excluding hydrogens is 428 g/mol. The summed E-state index contributed by atoms with van der Waals surface area (Å²) < 4.78 is 16.6. The number of H-pyrrole nitrogens is 1. The van der Waals surface area contributed by atoms with E-state index in [1.54, 1.807) is 26.4 Å². The zero-order chi connectivity index (χ0) is 22.7. The van der Waals surface area contributed by atoms with Crippen LogP contribution in [0.15, 0.2) is 60.7 Å². The number of nitrogens with zero attached hydrogens (tertiary/aromatic N) is 1. The monoisotopic (exact) mass is 450 g/mol. The van der Waals surface area contributed by atoms with Crippen LogP contribution in [0, 0.1) is 6.92 Å². The maximum Gasteiger partial charge on any atom is 0.161 e. The number of hydrogen-bond acceptors (Lipinski definition) is 5. The first-order valence-electron chi connectivity index (χ1n) is 9.98. The van der Waals surface area contributed by atoms with Crippen molar-refractivity contribution in [3.8, 4) is 45.4 Å². The van der Waals surface area contributed by atoms with Crippen molar-refractivity contribution in [2.45, 2.75) is 13.5 Å². The number of halogens is 1. The number of phenols is 1. The van der Waals surface area contributed by atoms with Crippen LogP contribution in [0.2, 0.25) is 5.02 Å². The molecule has 0 fully saturated rings. The molecule has 3 aromatic carbocycles. The predicted octanol–water partition coefficient (Wildman–Crippen LogP) is 6.01. The van der Waals surface area contributed by atoms with Gasteiger partial charge < -0.3 is 19.3 Å². The highest BCUT2D eigenvalue weighted by molar-refractivity contribution is 6.30. The van der Waals surface area contributed by atoms with E-state index in [0.717, 1.165) is 22.4 Å². The van der Waals surface area contributed by atoms with Gasteiger partial charge in [0.25, 0.3) is 0 Å². The number of aryl methyl sites for hydroxylation is 1. The lowest BCUT2D eigenvalue weighted by Gasteiger charge is -2.12. The molecule has 0 radical (unpaired) electrons. The van der Waals surface area contributed by atoms with E-state index in [1.165, 1.54) is 0 Å². The Morgan fingerprint density at radius 1 is 0.938 bits per heavy atom. The maximum atomic E-state index is 10.7. The summed E-state index contributed by atoms with van der Waals surface area (Å²) in [5, 5.41) is 18.9. The number of rotatable bonds is 7. The number of aromatic hydroxyl groups is 1. The largest absolute Gasteiger partial charge is 0.507 e. The first kappa shape index (κ1) is 21.6. The molecule has 0 spiro atoms. The molecule has 0 amide bonds. The topological polar surface area (TPSA) is 76.6 Å². The van der Waals surface area contributed by atoms with E-state index < -0.39 is 0 Å². The standard InChI is InChI=1S/C25H23ClN2O4/c1-15-24(17-6-11-22(30-2)23(12-17)31-3)25(28-27-15)20-10-9-19(13-21(20)29)32-14-16-4-7-18(26)8-5-16/h4-13,29H,14H2,1-3H3,(H,27,28). The number of hydrogen-bond donors (Lipinski definition) is 2. The molecule has 0 saturated heterocycles. The average Bonchev–Trinajstić information content (AvgIpc) is 3.19. The van der Waals surface area contributed by atoms with Gasteiger partial charge in [-0.3, -0.25) is 5.10 Å². The minimum absolute atomic E-state index is 0.0758. The Kier molecular flexibility index (Phi) is 6.23. The molecule has 0 unspecified atom stereocenters. The highest BCUT2D eigenvalue weighted by atomic mass is 35.5. The van der Waals surface area contributed by atoms with Crippen molar-refractivity contribution < 1.29 is 19.3 Å². The van der Waals surface area contributed by atoms with Crippen LogP contribution in [-0.2, 0) is 6.61 Å². The first-order valence-corrected chi connectivity index (χ1v) is 10.4. The van der Waals surface area contributed by atoms with Crippen LogP contribution in [0.4, 0.5) is 0 Å². The van der Waals surface area contributed by atoms with E-state index in [2.05, 4.69) is 10.2 Å². The van der Waals surface area contributed by atoms with Crippen molar-refractivity contribution in [3.05, 3.63) is 76.9 Å². The van der Waals surface area contributed by atoms with E-state index in [1.807, 2.05) is 55.5 Å². The second-order valence-electron chi connectivity index (χ2n) is 7.24. The molecule has 4 rings (SSSR count). The van der Waals surface area contributed by atoms with E-state index >= 15 is 0 Å². The number of aromatic nitrogens is 2. The Balaban J connectivity index is 1.63. The lowest BCUT2D eigenvalue weighted by atomic mass is 9.98.